The first-order valence-corrected chi connectivity index (χ1v) is 8.58. The molecular weight excluding hydrogens is 390 g/mol. The third kappa shape index (κ3) is 6.59. The molecule has 1 atom stereocenters. The van der Waals surface area contributed by atoms with Crippen molar-refractivity contribution >= 4 is 23.8 Å². The predicted molar refractivity (Wildman–Crippen MR) is 98.7 cm³/mol. The van der Waals surface area contributed by atoms with Gasteiger partial charge in [-0.3, -0.25) is 4.79 Å². The second kappa shape index (κ2) is 10.2. The summed E-state index contributed by atoms with van der Waals surface area (Å²) in [6.45, 7) is 0.368. The lowest BCUT2D eigenvalue weighted by atomic mass is 10.2. The van der Waals surface area contributed by atoms with Gasteiger partial charge in [0.1, 0.15) is 5.76 Å². The summed E-state index contributed by atoms with van der Waals surface area (Å²) in [5.41, 5.74) is 0.482. The molecule has 1 heterocycles. The summed E-state index contributed by atoms with van der Waals surface area (Å²) in [6.07, 6.45) is 1.72. The average molecular weight is 410 g/mol. The van der Waals surface area contributed by atoms with Crippen LogP contribution in [0.5, 0.6) is 11.5 Å². The smallest absolute Gasteiger partial charge is 0.387 e. The van der Waals surface area contributed by atoms with Gasteiger partial charge in [0, 0.05) is 12.1 Å². The maximum Gasteiger partial charge on any atom is 0.387 e. The third-order valence-corrected chi connectivity index (χ3v) is 3.62. The van der Waals surface area contributed by atoms with E-state index in [9.17, 15) is 18.4 Å². The number of carbonyl (C=O) groups excluding carboxylic acids is 2. The van der Waals surface area contributed by atoms with E-state index < -0.39 is 24.6 Å². The molecule has 0 spiro atoms. The molecule has 1 aromatic heterocycles. The fourth-order valence-corrected chi connectivity index (χ4v) is 2.28. The molecule has 0 aliphatic carbocycles. The Balaban J connectivity index is 1.99. The first-order valence-electron chi connectivity index (χ1n) is 8.58. The Morgan fingerprint density at radius 3 is 2.62 bits per heavy atom. The molecule has 10 heteroatoms. The SMILES string of the molecule is CCC(OC(=O)/C=C/c1ccc(OC(F)F)c(OC)c1)C(=O)Nc1cc(C)on1. The standard InChI is InChI=1S/C19H20F2N2O6/c1-4-13(18(25)22-16-9-11(2)29-23-16)27-17(24)8-6-12-5-7-14(28-19(20)21)15(10-12)26-3/h5-10,13,19H,4H2,1-3H3,(H,22,23,25)/b8-6+. The van der Waals surface area contributed by atoms with E-state index in [4.69, 9.17) is 14.0 Å². The van der Waals surface area contributed by atoms with Crippen LogP contribution < -0.4 is 14.8 Å². The minimum absolute atomic E-state index is 0.0783. The Kier molecular flexibility index (Phi) is 7.70. The van der Waals surface area contributed by atoms with Crippen molar-refractivity contribution in [2.75, 3.05) is 12.4 Å². The van der Waals surface area contributed by atoms with Gasteiger partial charge in [-0.05, 0) is 37.1 Å². The number of ether oxygens (including phenoxy) is 3. The third-order valence-electron chi connectivity index (χ3n) is 3.62. The summed E-state index contributed by atoms with van der Waals surface area (Å²) in [4.78, 5) is 24.2. The summed E-state index contributed by atoms with van der Waals surface area (Å²) in [6, 6.07) is 5.69. The number of rotatable bonds is 9. The number of anilines is 1. The normalized spacial score (nSPS) is 12.1. The summed E-state index contributed by atoms with van der Waals surface area (Å²) in [5, 5.41) is 6.13. The van der Waals surface area contributed by atoms with Gasteiger partial charge in [-0.15, -0.1) is 0 Å². The van der Waals surface area contributed by atoms with Crippen molar-refractivity contribution in [3.05, 3.63) is 41.7 Å². The Morgan fingerprint density at radius 1 is 1.28 bits per heavy atom. The highest BCUT2D eigenvalue weighted by Crippen LogP contribution is 2.29. The molecule has 1 unspecified atom stereocenters. The fraction of sp³-hybridized carbons (Fsp3) is 0.316. The number of aryl methyl sites for hydroxylation is 1. The van der Waals surface area contributed by atoms with Crippen LogP contribution in [0.4, 0.5) is 14.6 Å². The highest BCUT2D eigenvalue weighted by atomic mass is 19.3. The first kappa shape index (κ1) is 21.9. The van der Waals surface area contributed by atoms with Crippen molar-refractivity contribution in [1.82, 2.24) is 5.16 Å². The first-order chi connectivity index (χ1) is 13.8. The van der Waals surface area contributed by atoms with Crippen molar-refractivity contribution in [3.63, 3.8) is 0 Å². The molecule has 0 fully saturated rings. The maximum absolute atomic E-state index is 12.4. The molecule has 0 saturated carbocycles. The fourth-order valence-electron chi connectivity index (χ4n) is 2.28. The van der Waals surface area contributed by atoms with Crippen LogP contribution in [0.1, 0.15) is 24.7 Å². The quantitative estimate of drug-likeness (QED) is 0.498. The molecule has 0 radical (unpaired) electrons. The van der Waals surface area contributed by atoms with Crippen molar-refractivity contribution in [1.29, 1.82) is 0 Å². The molecule has 2 rings (SSSR count). The van der Waals surface area contributed by atoms with Crippen molar-refractivity contribution in [2.45, 2.75) is 33.0 Å². The van der Waals surface area contributed by atoms with Crippen LogP contribution in [0.2, 0.25) is 0 Å². The number of esters is 1. The second-order valence-corrected chi connectivity index (χ2v) is 5.77. The van der Waals surface area contributed by atoms with Gasteiger partial charge in [0.2, 0.25) is 0 Å². The van der Waals surface area contributed by atoms with Crippen LogP contribution in [0.3, 0.4) is 0 Å². The lowest BCUT2D eigenvalue weighted by Crippen LogP contribution is -2.31. The summed E-state index contributed by atoms with van der Waals surface area (Å²) < 4.78 is 44.0. The number of halogens is 2. The Hall–Kier alpha value is -3.43. The minimum Gasteiger partial charge on any atom is -0.493 e. The topological polar surface area (TPSA) is 99.9 Å². The number of benzene rings is 1. The van der Waals surface area contributed by atoms with E-state index in [0.717, 1.165) is 6.08 Å². The van der Waals surface area contributed by atoms with Crippen LogP contribution in [0.25, 0.3) is 6.08 Å². The van der Waals surface area contributed by atoms with Gasteiger partial charge in [-0.2, -0.15) is 8.78 Å². The van der Waals surface area contributed by atoms with Gasteiger partial charge in [0.15, 0.2) is 23.4 Å². The van der Waals surface area contributed by atoms with E-state index in [-0.39, 0.29) is 23.7 Å². The number of amides is 1. The number of nitrogens with one attached hydrogen (secondary N) is 1. The Bertz CT molecular complexity index is 881. The highest BCUT2D eigenvalue weighted by molar-refractivity contribution is 5.96. The van der Waals surface area contributed by atoms with Crippen molar-refractivity contribution in [3.8, 4) is 11.5 Å². The van der Waals surface area contributed by atoms with Gasteiger partial charge >= 0.3 is 12.6 Å². The van der Waals surface area contributed by atoms with Crippen molar-refractivity contribution < 1.29 is 37.1 Å². The molecule has 2 aromatic rings. The molecule has 8 nitrogen and oxygen atoms in total. The van der Waals surface area contributed by atoms with Gasteiger partial charge in [0.05, 0.1) is 7.11 Å². The largest absolute Gasteiger partial charge is 0.493 e. The van der Waals surface area contributed by atoms with E-state index in [1.165, 1.54) is 37.5 Å². The number of hydrogen-bond donors (Lipinski definition) is 1. The molecule has 1 aromatic carbocycles. The number of nitrogens with zero attached hydrogens (tertiary/aromatic N) is 1. The molecule has 29 heavy (non-hydrogen) atoms. The number of carbonyl (C=O) groups is 2. The molecule has 1 amide bonds. The van der Waals surface area contributed by atoms with Gasteiger partial charge in [0.25, 0.3) is 5.91 Å². The van der Waals surface area contributed by atoms with Crippen LogP contribution in [0, 0.1) is 6.92 Å². The lowest BCUT2D eigenvalue weighted by Gasteiger charge is -2.13. The van der Waals surface area contributed by atoms with Gasteiger partial charge in [-0.25, -0.2) is 4.79 Å². The lowest BCUT2D eigenvalue weighted by molar-refractivity contribution is -0.149. The molecule has 156 valence electrons. The van der Waals surface area contributed by atoms with Crippen LogP contribution in [-0.2, 0) is 14.3 Å². The zero-order valence-electron chi connectivity index (χ0n) is 16.0. The van der Waals surface area contributed by atoms with Gasteiger partial charge < -0.3 is 24.1 Å². The van der Waals surface area contributed by atoms with Crippen LogP contribution >= 0.6 is 0 Å². The zero-order valence-corrected chi connectivity index (χ0v) is 16.0. The van der Waals surface area contributed by atoms with Crippen LogP contribution in [-0.4, -0.2) is 36.9 Å². The maximum atomic E-state index is 12.4. The monoisotopic (exact) mass is 410 g/mol. The van der Waals surface area contributed by atoms with Gasteiger partial charge in [-0.1, -0.05) is 18.1 Å². The van der Waals surface area contributed by atoms with Crippen LogP contribution in [0.15, 0.2) is 34.9 Å². The molecule has 0 saturated heterocycles. The Morgan fingerprint density at radius 2 is 2.03 bits per heavy atom. The van der Waals surface area contributed by atoms with E-state index >= 15 is 0 Å². The van der Waals surface area contributed by atoms with E-state index in [1.54, 1.807) is 13.8 Å². The van der Waals surface area contributed by atoms with E-state index in [0.29, 0.717) is 11.3 Å². The summed E-state index contributed by atoms with van der Waals surface area (Å²) >= 11 is 0. The summed E-state index contributed by atoms with van der Waals surface area (Å²) in [5.74, 6) is -0.611. The number of hydrogen-bond acceptors (Lipinski definition) is 7. The second-order valence-electron chi connectivity index (χ2n) is 5.77. The molecule has 0 aliphatic heterocycles. The number of methoxy groups -OCH3 is 1. The Labute approximate surface area is 165 Å². The summed E-state index contributed by atoms with van der Waals surface area (Å²) in [7, 11) is 1.30. The minimum atomic E-state index is -2.99. The average Bonchev–Trinajstić information content (AvgIpc) is 3.09. The molecule has 0 bridgehead atoms. The predicted octanol–water partition coefficient (Wildman–Crippen LogP) is 3.57. The number of aromatic nitrogens is 1. The zero-order chi connectivity index (χ0) is 21.4. The molecular formula is C19H20F2N2O6. The number of alkyl halides is 2. The van der Waals surface area contributed by atoms with Crippen molar-refractivity contribution in [2.24, 2.45) is 0 Å². The van der Waals surface area contributed by atoms with E-state index in [1.807, 2.05) is 0 Å². The highest BCUT2D eigenvalue weighted by Gasteiger charge is 2.21. The molecule has 0 aliphatic rings. The van der Waals surface area contributed by atoms with E-state index in [2.05, 4.69) is 15.2 Å². The molecule has 1 N–H and O–H groups in total.